The monoisotopic (exact) mass is 569 g/mol. The summed E-state index contributed by atoms with van der Waals surface area (Å²) in [4.78, 5) is 8.90. The lowest BCUT2D eigenvalue weighted by Gasteiger charge is -2.25. The van der Waals surface area contributed by atoms with E-state index in [0.717, 1.165) is 30.1 Å². The maximum atomic E-state index is 14.1. The van der Waals surface area contributed by atoms with E-state index in [1.54, 1.807) is 30.3 Å². The van der Waals surface area contributed by atoms with Crippen LogP contribution in [0.1, 0.15) is 30.0 Å². The van der Waals surface area contributed by atoms with E-state index >= 15 is 0 Å². The van der Waals surface area contributed by atoms with Crippen LogP contribution >= 0.6 is 11.6 Å². The third-order valence-corrected chi connectivity index (χ3v) is 6.02. The van der Waals surface area contributed by atoms with Crippen LogP contribution in [0.3, 0.4) is 0 Å². The molecule has 2 heterocycles. The lowest BCUT2D eigenvalue weighted by Crippen LogP contribution is -2.43. The van der Waals surface area contributed by atoms with Crippen molar-refractivity contribution in [2.24, 2.45) is 5.10 Å². The predicted molar refractivity (Wildman–Crippen MR) is 125 cm³/mol. The highest BCUT2D eigenvalue weighted by atomic mass is 35.5. The lowest BCUT2D eigenvalue weighted by molar-refractivity contribution is -0.249. The third-order valence-electron chi connectivity index (χ3n) is 5.70. The number of nitrogens with zero attached hydrogens (tertiary/aromatic N) is 2. The Morgan fingerprint density at radius 3 is 2.11 bits per heavy atom. The lowest BCUT2D eigenvalue weighted by atomic mass is 9.94. The standard InChI is InChI=1S/C22H19ClF5N3.C2HF3O2/c23-17-3-1-2-4-18(17)31-19(13-20(30-31)21(24,25)22(26,27)28)16-7-5-14(6-8-16)15-9-11-29-12-10-15;3-2(4,5)1(6)7/h1-9,19,29H,10-13H2;(H,6,7). The summed E-state index contributed by atoms with van der Waals surface area (Å²) < 4.78 is 98.9. The molecular formula is C24H20ClF8N3O2. The van der Waals surface area contributed by atoms with E-state index in [2.05, 4.69) is 16.5 Å². The van der Waals surface area contributed by atoms with Gasteiger partial charge in [-0.3, -0.25) is 5.01 Å². The number of rotatable bonds is 4. The smallest absolute Gasteiger partial charge is 0.475 e. The zero-order chi connectivity index (χ0) is 28.3. The van der Waals surface area contributed by atoms with E-state index in [1.165, 1.54) is 11.6 Å². The first-order valence-electron chi connectivity index (χ1n) is 11.0. The summed E-state index contributed by atoms with van der Waals surface area (Å²) in [5.74, 6) is -7.78. The van der Waals surface area contributed by atoms with Crippen LogP contribution in [-0.4, -0.2) is 48.2 Å². The SMILES string of the molecule is FC(F)(F)C(F)(F)C1=NN(c2ccccc2Cl)C(c2ccc(C3=CCNCC3)cc2)C1.O=C(O)C(F)(F)F. The van der Waals surface area contributed by atoms with Gasteiger partial charge in [0.2, 0.25) is 0 Å². The van der Waals surface area contributed by atoms with Crippen LogP contribution in [0.5, 0.6) is 0 Å². The molecule has 0 aromatic heterocycles. The number of para-hydroxylation sites is 1. The number of benzene rings is 2. The Balaban J connectivity index is 0.000000505. The molecule has 1 atom stereocenters. The number of hydrogen-bond donors (Lipinski definition) is 2. The van der Waals surface area contributed by atoms with E-state index in [1.807, 2.05) is 12.1 Å². The number of carboxylic acids is 1. The summed E-state index contributed by atoms with van der Waals surface area (Å²) in [6.45, 7) is 1.63. The molecule has 2 aromatic rings. The van der Waals surface area contributed by atoms with Crippen LogP contribution in [0, 0.1) is 0 Å². The second kappa shape index (κ2) is 11.3. The predicted octanol–water partition coefficient (Wildman–Crippen LogP) is 6.86. The van der Waals surface area contributed by atoms with Crippen LogP contribution in [0.25, 0.3) is 5.57 Å². The molecule has 0 radical (unpaired) electrons. The summed E-state index contributed by atoms with van der Waals surface area (Å²) in [5, 5.41) is 15.4. The highest BCUT2D eigenvalue weighted by molar-refractivity contribution is 6.33. The molecule has 5 nitrogen and oxygen atoms in total. The summed E-state index contributed by atoms with van der Waals surface area (Å²) in [7, 11) is 0. The van der Waals surface area contributed by atoms with Gasteiger partial charge in [0.1, 0.15) is 5.71 Å². The molecule has 0 saturated carbocycles. The molecule has 0 spiro atoms. The van der Waals surface area contributed by atoms with Crippen LogP contribution in [0.2, 0.25) is 5.02 Å². The molecule has 2 aliphatic heterocycles. The second-order valence-electron chi connectivity index (χ2n) is 8.24. The van der Waals surface area contributed by atoms with Gasteiger partial charge in [-0.1, -0.05) is 54.1 Å². The fraction of sp³-hybridized carbons (Fsp3) is 0.333. The van der Waals surface area contributed by atoms with Crippen molar-refractivity contribution in [1.29, 1.82) is 0 Å². The first kappa shape index (κ1) is 29.4. The van der Waals surface area contributed by atoms with Crippen molar-refractivity contribution in [3.8, 4) is 0 Å². The minimum atomic E-state index is -5.72. The van der Waals surface area contributed by atoms with Crippen molar-refractivity contribution < 1.29 is 45.0 Å². The zero-order valence-electron chi connectivity index (χ0n) is 19.3. The molecule has 4 rings (SSSR count). The van der Waals surface area contributed by atoms with Crippen LogP contribution in [0.4, 0.5) is 40.8 Å². The Kier molecular flexibility index (Phi) is 8.72. The van der Waals surface area contributed by atoms with Crippen molar-refractivity contribution in [1.82, 2.24) is 5.32 Å². The molecule has 0 saturated heterocycles. The third kappa shape index (κ3) is 6.62. The van der Waals surface area contributed by atoms with E-state index in [-0.39, 0.29) is 10.7 Å². The molecule has 206 valence electrons. The maximum absolute atomic E-state index is 14.1. The van der Waals surface area contributed by atoms with Gasteiger partial charge < -0.3 is 10.4 Å². The molecule has 2 aliphatic rings. The van der Waals surface area contributed by atoms with Gasteiger partial charge in [0.15, 0.2) is 0 Å². The van der Waals surface area contributed by atoms with Gasteiger partial charge in [0.25, 0.3) is 0 Å². The van der Waals surface area contributed by atoms with E-state index in [9.17, 15) is 35.1 Å². The molecule has 0 amide bonds. The van der Waals surface area contributed by atoms with E-state index in [0.29, 0.717) is 5.56 Å². The molecule has 0 aliphatic carbocycles. The van der Waals surface area contributed by atoms with Gasteiger partial charge in [-0.2, -0.15) is 40.2 Å². The van der Waals surface area contributed by atoms with Gasteiger partial charge in [-0.25, -0.2) is 4.79 Å². The van der Waals surface area contributed by atoms with Crippen molar-refractivity contribution >= 4 is 34.5 Å². The summed E-state index contributed by atoms with van der Waals surface area (Å²) in [6.07, 6.45) is -8.43. The Labute approximate surface area is 216 Å². The fourth-order valence-corrected chi connectivity index (χ4v) is 4.01. The largest absolute Gasteiger partial charge is 0.490 e. The minimum absolute atomic E-state index is 0.212. The second-order valence-corrected chi connectivity index (χ2v) is 8.65. The normalized spacial score (nSPS) is 18.3. The topological polar surface area (TPSA) is 64.9 Å². The molecule has 14 heteroatoms. The first-order chi connectivity index (χ1) is 17.6. The molecular weight excluding hydrogens is 550 g/mol. The zero-order valence-corrected chi connectivity index (χ0v) is 20.0. The molecule has 0 bridgehead atoms. The van der Waals surface area contributed by atoms with Crippen LogP contribution < -0.4 is 10.3 Å². The Bertz CT molecular complexity index is 1210. The number of alkyl halides is 8. The summed E-state index contributed by atoms with van der Waals surface area (Å²) in [5.41, 5.74) is 1.78. The van der Waals surface area contributed by atoms with Gasteiger partial charge in [-0.05, 0) is 41.8 Å². The molecule has 0 fully saturated rings. The van der Waals surface area contributed by atoms with Crippen LogP contribution in [0.15, 0.2) is 59.7 Å². The summed E-state index contributed by atoms with van der Waals surface area (Å²) >= 11 is 6.20. The quantitative estimate of drug-likeness (QED) is 0.395. The number of nitrogens with one attached hydrogen (secondary N) is 1. The van der Waals surface area contributed by atoms with Gasteiger partial charge in [0, 0.05) is 13.0 Å². The highest BCUT2D eigenvalue weighted by Gasteiger charge is 2.62. The number of halogens is 9. The highest BCUT2D eigenvalue weighted by Crippen LogP contribution is 2.45. The Hall–Kier alpha value is -3.19. The first-order valence-corrected chi connectivity index (χ1v) is 11.4. The molecule has 2 aromatic carbocycles. The van der Waals surface area contributed by atoms with E-state index < -0.39 is 42.4 Å². The number of hydrogen-bond acceptors (Lipinski definition) is 4. The number of anilines is 1. The average Bonchev–Trinajstić information content (AvgIpc) is 3.30. The minimum Gasteiger partial charge on any atom is -0.475 e. The number of carbonyl (C=O) groups is 1. The Morgan fingerprint density at radius 1 is 1.00 bits per heavy atom. The summed E-state index contributed by atoms with van der Waals surface area (Å²) in [6, 6.07) is 12.7. The van der Waals surface area contributed by atoms with Crippen molar-refractivity contribution in [3.63, 3.8) is 0 Å². The van der Waals surface area contributed by atoms with Crippen molar-refractivity contribution in [3.05, 3.63) is 70.8 Å². The van der Waals surface area contributed by atoms with Crippen molar-refractivity contribution in [2.75, 3.05) is 18.1 Å². The maximum Gasteiger partial charge on any atom is 0.490 e. The van der Waals surface area contributed by atoms with Gasteiger partial charge in [0.05, 0.1) is 16.8 Å². The Morgan fingerprint density at radius 2 is 1.61 bits per heavy atom. The number of aliphatic carboxylic acids is 1. The fourth-order valence-electron chi connectivity index (χ4n) is 3.79. The molecule has 38 heavy (non-hydrogen) atoms. The van der Waals surface area contributed by atoms with Gasteiger partial charge >= 0.3 is 24.2 Å². The number of hydrazone groups is 1. The molecule has 1 unspecified atom stereocenters. The van der Waals surface area contributed by atoms with E-state index in [4.69, 9.17) is 21.5 Å². The van der Waals surface area contributed by atoms with Gasteiger partial charge in [-0.15, -0.1) is 0 Å². The average molecular weight is 570 g/mol. The molecule has 2 N–H and O–H groups in total. The number of carboxylic acid groups (broad SMARTS) is 1. The van der Waals surface area contributed by atoms with Crippen molar-refractivity contribution in [2.45, 2.75) is 37.2 Å². The van der Waals surface area contributed by atoms with Crippen LogP contribution in [-0.2, 0) is 4.79 Å².